The van der Waals surface area contributed by atoms with Crippen LogP contribution >= 0.6 is 68.4 Å². The third-order valence-corrected chi connectivity index (χ3v) is 5.75. The monoisotopic (exact) mass is 651 g/mol. The summed E-state index contributed by atoms with van der Waals surface area (Å²) in [5.41, 5.74) is 4.54. The van der Waals surface area contributed by atoms with Crippen molar-refractivity contribution < 1.29 is 9.53 Å². The van der Waals surface area contributed by atoms with Gasteiger partial charge in [0.15, 0.2) is 0 Å². The van der Waals surface area contributed by atoms with Crippen molar-refractivity contribution in [2.24, 2.45) is 5.10 Å². The molecule has 0 saturated heterocycles. The molecule has 3 aromatic rings. The van der Waals surface area contributed by atoms with E-state index in [2.05, 4.69) is 60.7 Å². The first-order chi connectivity index (χ1) is 13.9. The van der Waals surface area contributed by atoms with Crippen molar-refractivity contribution >= 4 is 80.5 Å². The second kappa shape index (κ2) is 10.6. The van der Waals surface area contributed by atoms with Gasteiger partial charge in [0.25, 0.3) is 5.91 Å². The van der Waals surface area contributed by atoms with Gasteiger partial charge in [-0.1, -0.05) is 29.3 Å². The largest absolute Gasteiger partial charge is 0.487 e. The van der Waals surface area contributed by atoms with Gasteiger partial charge in [0, 0.05) is 42.7 Å². The minimum atomic E-state index is -0.320. The fourth-order valence-corrected chi connectivity index (χ4v) is 4.85. The number of carbonyl (C=O) groups excluding carboxylic acids is 1. The lowest BCUT2D eigenvalue weighted by atomic mass is 10.2. The number of carbonyl (C=O) groups is 1. The van der Waals surface area contributed by atoms with Crippen molar-refractivity contribution in [3.63, 3.8) is 0 Å². The Labute approximate surface area is 205 Å². The predicted octanol–water partition coefficient (Wildman–Crippen LogP) is 5.94. The van der Waals surface area contributed by atoms with Gasteiger partial charge in [0.1, 0.15) is 12.4 Å². The summed E-state index contributed by atoms with van der Waals surface area (Å²) in [5, 5.41) is 5.18. The van der Waals surface area contributed by atoms with Gasteiger partial charge < -0.3 is 4.74 Å². The number of pyridine rings is 1. The van der Waals surface area contributed by atoms with E-state index in [0.717, 1.165) is 18.3 Å². The van der Waals surface area contributed by atoms with E-state index in [9.17, 15) is 4.79 Å². The van der Waals surface area contributed by atoms with Gasteiger partial charge >= 0.3 is 0 Å². The molecule has 0 fully saturated rings. The average molecular weight is 652 g/mol. The minimum Gasteiger partial charge on any atom is -0.487 e. The summed E-state index contributed by atoms with van der Waals surface area (Å²) in [6, 6.07) is 12.4. The molecule has 1 heterocycles. The molecule has 9 heteroatoms. The number of hydrogen-bond acceptors (Lipinski definition) is 4. The van der Waals surface area contributed by atoms with Crippen molar-refractivity contribution in [2.45, 2.75) is 6.61 Å². The van der Waals surface area contributed by atoms with Gasteiger partial charge in [-0.3, -0.25) is 9.78 Å². The van der Waals surface area contributed by atoms with Crippen molar-refractivity contribution in [3.05, 3.63) is 88.7 Å². The quantitative estimate of drug-likeness (QED) is 0.204. The fourth-order valence-electron chi connectivity index (χ4n) is 2.35. The third-order valence-electron chi connectivity index (χ3n) is 3.74. The molecule has 3 rings (SSSR count). The van der Waals surface area contributed by atoms with Gasteiger partial charge in [-0.2, -0.15) is 5.10 Å². The first kappa shape index (κ1) is 22.3. The van der Waals surface area contributed by atoms with E-state index in [0.29, 0.717) is 21.4 Å². The fraction of sp³-hybridized carbons (Fsp3) is 0.0500. The van der Waals surface area contributed by atoms with Crippen LogP contribution in [0.15, 0.2) is 60.0 Å². The summed E-state index contributed by atoms with van der Waals surface area (Å²) in [5.74, 6) is 0.332. The molecule has 29 heavy (non-hydrogen) atoms. The number of aromatic nitrogens is 1. The zero-order valence-corrected chi connectivity index (χ0v) is 20.5. The topological polar surface area (TPSA) is 63.6 Å². The number of benzene rings is 2. The van der Waals surface area contributed by atoms with E-state index in [4.69, 9.17) is 27.9 Å². The summed E-state index contributed by atoms with van der Waals surface area (Å²) in [7, 11) is 0. The zero-order valence-electron chi connectivity index (χ0n) is 14.7. The van der Waals surface area contributed by atoms with Crippen LogP contribution in [0.5, 0.6) is 5.75 Å². The Balaban J connectivity index is 1.77. The molecular weight excluding hydrogens is 639 g/mol. The van der Waals surface area contributed by atoms with Crippen LogP contribution in [-0.2, 0) is 6.61 Å². The van der Waals surface area contributed by atoms with Crippen molar-refractivity contribution in [2.75, 3.05) is 0 Å². The van der Waals surface area contributed by atoms with Crippen molar-refractivity contribution in [3.8, 4) is 5.75 Å². The Morgan fingerprint density at radius 1 is 1.14 bits per heavy atom. The average Bonchev–Trinajstić information content (AvgIpc) is 2.69. The molecule has 0 spiro atoms. The summed E-state index contributed by atoms with van der Waals surface area (Å²) in [6.07, 6.45) is 4.66. The highest BCUT2D eigenvalue weighted by Crippen LogP contribution is 2.29. The molecular formula is C20H13Cl2I2N3O2. The number of amides is 1. The minimum absolute atomic E-state index is 0.275. The Morgan fingerprint density at radius 3 is 2.62 bits per heavy atom. The predicted molar refractivity (Wildman–Crippen MR) is 132 cm³/mol. The number of nitrogens with one attached hydrogen (secondary N) is 1. The summed E-state index contributed by atoms with van der Waals surface area (Å²) in [4.78, 5) is 16.0. The molecule has 2 aromatic carbocycles. The molecule has 0 unspecified atom stereocenters. The second-order valence-electron chi connectivity index (χ2n) is 5.77. The number of hydrazone groups is 1. The highest BCUT2D eigenvalue weighted by atomic mass is 127. The third kappa shape index (κ3) is 6.27. The van der Waals surface area contributed by atoms with Crippen LogP contribution in [0.1, 0.15) is 21.5 Å². The number of ether oxygens (including phenoxy) is 1. The van der Waals surface area contributed by atoms with Gasteiger partial charge in [-0.15, -0.1) is 0 Å². The van der Waals surface area contributed by atoms with Crippen LogP contribution in [0.3, 0.4) is 0 Å². The summed E-state index contributed by atoms with van der Waals surface area (Å²) in [6.45, 7) is 0.275. The molecule has 5 nitrogen and oxygen atoms in total. The lowest BCUT2D eigenvalue weighted by Gasteiger charge is -2.13. The summed E-state index contributed by atoms with van der Waals surface area (Å²) < 4.78 is 7.96. The Kier molecular flexibility index (Phi) is 8.10. The highest BCUT2D eigenvalue weighted by Gasteiger charge is 2.11. The molecule has 1 amide bonds. The van der Waals surface area contributed by atoms with Crippen molar-refractivity contribution in [1.29, 1.82) is 0 Å². The SMILES string of the molecule is O=C(N/N=C/c1cc(I)cc(I)c1OCc1ccc(Cl)cc1Cl)c1ccncc1. The zero-order chi connectivity index (χ0) is 20.8. The first-order valence-corrected chi connectivity index (χ1v) is 11.1. The maximum Gasteiger partial charge on any atom is 0.271 e. The molecule has 1 N–H and O–H groups in total. The van der Waals surface area contributed by atoms with Crippen LogP contribution in [0.2, 0.25) is 10.0 Å². The Bertz CT molecular complexity index is 1060. The number of halogens is 4. The normalized spacial score (nSPS) is 10.9. The van der Waals surface area contributed by atoms with Gasteiger partial charge in [0.05, 0.1) is 9.78 Å². The summed E-state index contributed by atoms with van der Waals surface area (Å²) >= 11 is 16.6. The van der Waals surface area contributed by atoms with Crippen LogP contribution in [0.4, 0.5) is 0 Å². The molecule has 0 aliphatic carbocycles. The number of nitrogens with zero attached hydrogens (tertiary/aromatic N) is 2. The number of hydrogen-bond donors (Lipinski definition) is 1. The maximum absolute atomic E-state index is 12.1. The molecule has 0 aliphatic heterocycles. The van der Waals surface area contributed by atoms with Gasteiger partial charge in [0.2, 0.25) is 0 Å². The molecule has 148 valence electrons. The van der Waals surface area contributed by atoms with Crippen LogP contribution in [0.25, 0.3) is 0 Å². The molecule has 0 atom stereocenters. The highest BCUT2D eigenvalue weighted by molar-refractivity contribution is 14.1. The van der Waals surface area contributed by atoms with E-state index < -0.39 is 0 Å². The van der Waals surface area contributed by atoms with Gasteiger partial charge in [-0.05, 0) is 81.6 Å². The first-order valence-electron chi connectivity index (χ1n) is 8.23. The maximum atomic E-state index is 12.1. The van der Waals surface area contributed by atoms with Crippen LogP contribution < -0.4 is 10.2 Å². The molecule has 0 bridgehead atoms. The second-order valence-corrected chi connectivity index (χ2v) is 9.02. The van der Waals surface area contributed by atoms with E-state index in [1.807, 2.05) is 18.2 Å². The van der Waals surface area contributed by atoms with E-state index >= 15 is 0 Å². The van der Waals surface area contributed by atoms with Crippen LogP contribution in [-0.4, -0.2) is 17.1 Å². The Morgan fingerprint density at radius 2 is 1.90 bits per heavy atom. The molecule has 0 saturated carbocycles. The molecule has 0 radical (unpaired) electrons. The van der Waals surface area contributed by atoms with Gasteiger partial charge in [-0.25, -0.2) is 5.43 Å². The standard InChI is InChI=1S/C20H13Cl2I2N3O2/c21-15-2-1-13(17(22)8-15)11-29-19-14(7-16(23)9-18(19)24)10-26-27-20(28)12-3-5-25-6-4-12/h1-10H,11H2,(H,27,28)/b26-10+. The molecule has 1 aromatic heterocycles. The molecule has 0 aliphatic rings. The lowest BCUT2D eigenvalue weighted by molar-refractivity contribution is 0.0955. The van der Waals surface area contributed by atoms with E-state index in [1.165, 1.54) is 0 Å². The smallest absolute Gasteiger partial charge is 0.271 e. The lowest BCUT2D eigenvalue weighted by Crippen LogP contribution is -2.17. The number of rotatable bonds is 6. The van der Waals surface area contributed by atoms with Crippen LogP contribution in [0, 0.1) is 7.14 Å². The van der Waals surface area contributed by atoms with E-state index in [1.54, 1.807) is 42.9 Å². The van der Waals surface area contributed by atoms with Crippen molar-refractivity contribution in [1.82, 2.24) is 10.4 Å². The Hall–Kier alpha value is -1.43. The van der Waals surface area contributed by atoms with E-state index in [-0.39, 0.29) is 12.5 Å².